The third-order valence-electron chi connectivity index (χ3n) is 2.81. The van der Waals surface area contributed by atoms with E-state index in [1.54, 1.807) is 0 Å². The van der Waals surface area contributed by atoms with Gasteiger partial charge in [0.1, 0.15) is 0 Å². The minimum absolute atomic E-state index is 0. The van der Waals surface area contributed by atoms with Crippen LogP contribution in [-0.4, -0.2) is 13.1 Å². The second-order valence-electron chi connectivity index (χ2n) is 3.64. The summed E-state index contributed by atoms with van der Waals surface area (Å²) in [4.78, 5) is 0. The molecule has 1 atom stereocenters. The summed E-state index contributed by atoms with van der Waals surface area (Å²) < 4.78 is 1.20. The number of halogens is 2. The number of hydrogen-bond donors (Lipinski definition) is 1. The molecule has 0 saturated carbocycles. The van der Waals surface area contributed by atoms with Crippen LogP contribution in [0.4, 0.5) is 0 Å². The van der Waals surface area contributed by atoms with Crippen molar-refractivity contribution in [1.82, 2.24) is 5.32 Å². The van der Waals surface area contributed by atoms with Gasteiger partial charge in [-0.15, -0.1) is 12.4 Å². The highest BCUT2D eigenvalue weighted by molar-refractivity contribution is 9.10. The fourth-order valence-corrected chi connectivity index (χ4v) is 2.38. The number of benzene rings is 1. The highest BCUT2D eigenvalue weighted by Crippen LogP contribution is 2.24. The molecule has 0 bridgehead atoms. The van der Waals surface area contributed by atoms with E-state index >= 15 is 0 Å². The van der Waals surface area contributed by atoms with Crippen molar-refractivity contribution in [2.45, 2.75) is 25.3 Å². The molecule has 14 heavy (non-hydrogen) atoms. The van der Waals surface area contributed by atoms with E-state index < -0.39 is 0 Å². The highest BCUT2D eigenvalue weighted by atomic mass is 79.9. The highest BCUT2D eigenvalue weighted by Gasteiger charge is 2.16. The largest absolute Gasteiger partial charge is 0.317 e. The van der Waals surface area contributed by atoms with E-state index in [1.807, 2.05) is 0 Å². The maximum absolute atomic E-state index is 3.51. The summed E-state index contributed by atoms with van der Waals surface area (Å²) in [6.07, 6.45) is 3.65. The molecule has 0 aromatic heterocycles. The monoisotopic (exact) mass is 275 g/mol. The summed E-state index contributed by atoms with van der Waals surface area (Å²) in [7, 11) is 2.05. The van der Waals surface area contributed by atoms with Crippen LogP contribution in [-0.2, 0) is 12.8 Å². The lowest BCUT2D eigenvalue weighted by Gasteiger charge is -2.24. The molecule has 0 fully saturated rings. The van der Waals surface area contributed by atoms with Gasteiger partial charge < -0.3 is 5.32 Å². The quantitative estimate of drug-likeness (QED) is 0.831. The van der Waals surface area contributed by atoms with Crippen molar-refractivity contribution >= 4 is 28.3 Å². The van der Waals surface area contributed by atoms with Gasteiger partial charge >= 0.3 is 0 Å². The van der Waals surface area contributed by atoms with Crippen molar-refractivity contribution in [2.24, 2.45) is 0 Å². The molecule has 0 saturated heterocycles. The number of hydrogen-bond acceptors (Lipinski definition) is 1. The summed E-state index contributed by atoms with van der Waals surface area (Å²) >= 11 is 3.51. The molecular formula is C11H15BrClN. The number of fused-ring (bicyclic) bond motifs is 1. The summed E-state index contributed by atoms with van der Waals surface area (Å²) in [5.74, 6) is 0. The maximum atomic E-state index is 3.51. The normalized spacial score (nSPS) is 19.7. The van der Waals surface area contributed by atoms with Crippen LogP contribution in [0.5, 0.6) is 0 Å². The predicted octanol–water partition coefficient (Wildman–Crippen LogP) is 2.95. The Labute approximate surface area is 99.8 Å². The molecule has 1 aromatic rings. The molecule has 1 nitrogen and oxygen atoms in total. The molecule has 3 heteroatoms. The van der Waals surface area contributed by atoms with E-state index in [0.717, 1.165) is 0 Å². The standard InChI is InChI=1S/C11H14BrN.ClH/c1-13-11-5-3-8-6-10(12)4-2-9(8)7-11;/h2,4,6,11,13H,3,5,7H2,1H3;1H. The van der Waals surface area contributed by atoms with Gasteiger partial charge in [-0.05, 0) is 49.6 Å². The van der Waals surface area contributed by atoms with Gasteiger partial charge in [-0.25, -0.2) is 0 Å². The van der Waals surface area contributed by atoms with E-state index in [1.165, 1.54) is 34.9 Å². The average molecular weight is 277 g/mol. The van der Waals surface area contributed by atoms with Crippen LogP contribution >= 0.6 is 28.3 Å². The minimum atomic E-state index is 0. The fraction of sp³-hybridized carbons (Fsp3) is 0.455. The first-order chi connectivity index (χ1) is 6.29. The molecule has 1 N–H and O–H groups in total. The molecule has 0 heterocycles. The van der Waals surface area contributed by atoms with Crippen molar-refractivity contribution < 1.29 is 0 Å². The predicted molar refractivity (Wildman–Crippen MR) is 66.3 cm³/mol. The Morgan fingerprint density at radius 3 is 2.86 bits per heavy atom. The molecule has 0 spiro atoms. The molecule has 0 radical (unpaired) electrons. The van der Waals surface area contributed by atoms with Crippen LogP contribution < -0.4 is 5.32 Å². The lowest BCUT2D eigenvalue weighted by atomic mass is 9.88. The van der Waals surface area contributed by atoms with E-state index in [2.05, 4.69) is 46.5 Å². The van der Waals surface area contributed by atoms with E-state index in [0.29, 0.717) is 6.04 Å². The van der Waals surface area contributed by atoms with Gasteiger partial charge in [-0.1, -0.05) is 22.0 Å². The van der Waals surface area contributed by atoms with Crippen molar-refractivity contribution in [3.05, 3.63) is 33.8 Å². The van der Waals surface area contributed by atoms with Gasteiger partial charge in [0.2, 0.25) is 0 Å². The molecule has 1 aromatic carbocycles. The molecule has 0 aliphatic heterocycles. The molecule has 0 amide bonds. The summed E-state index contributed by atoms with van der Waals surface area (Å²) in [6, 6.07) is 7.30. The topological polar surface area (TPSA) is 12.0 Å². The van der Waals surface area contributed by atoms with Crippen LogP contribution in [0.2, 0.25) is 0 Å². The first-order valence-electron chi connectivity index (χ1n) is 4.74. The number of likely N-dealkylation sites (N-methyl/N-ethyl adjacent to an activating group) is 1. The first-order valence-corrected chi connectivity index (χ1v) is 5.53. The van der Waals surface area contributed by atoms with Crippen LogP contribution in [0.15, 0.2) is 22.7 Å². The van der Waals surface area contributed by atoms with Gasteiger partial charge in [0.05, 0.1) is 0 Å². The van der Waals surface area contributed by atoms with E-state index in [9.17, 15) is 0 Å². The Balaban J connectivity index is 0.000000980. The van der Waals surface area contributed by atoms with Crippen LogP contribution in [0.1, 0.15) is 17.5 Å². The Hall–Kier alpha value is -0.0500. The third kappa shape index (κ3) is 2.50. The number of rotatable bonds is 1. The average Bonchev–Trinajstić information content (AvgIpc) is 2.17. The van der Waals surface area contributed by atoms with E-state index in [4.69, 9.17) is 0 Å². The van der Waals surface area contributed by atoms with Gasteiger partial charge in [-0.2, -0.15) is 0 Å². The zero-order chi connectivity index (χ0) is 9.26. The van der Waals surface area contributed by atoms with E-state index in [-0.39, 0.29) is 12.4 Å². The second-order valence-corrected chi connectivity index (χ2v) is 4.56. The van der Waals surface area contributed by atoms with Crippen molar-refractivity contribution in [1.29, 1.82) is 0 Å². The molecule has 2 rings (SSSR count). The molecule has 1 aliphatic rings. The van der Waals surface area contributed by atoms with Gasteiger partial charge in [0, 0.05) is 10.5 Å². The first kappa shape index (κ1) is 12.0. The smallest absolute Gasteiger partial charge is 0.0178 e. The van der Waals surface area contributed by atoms with Gasteiger partial charge in [0.15, 0.2) is 0 Å². The zero-order valence-electron chi connectivity index (χ0n) is 8.22. The Morgan fingerprint density at radius 1 is 1.36 bits per heavy atom. The molecule has 1 aliphatic carbocycles. The molecular weight excluding hydrogens is 261 g/mol. The van der Waals surface area contributed by atoms with Crippen LogP contribution in [0.25, 0.3) is 0 Å². The second kappa shape index (κ2) is 5.15. The number of nitrogens with one attached hydrogen (secondary N) is 1. The van der Waals surface area contributed by atoms with Crippen LogP contribution in [0.3, 0.4) is 0 Å². The van der Waals surface area contributed by atoms with Crippen molar-refractivity contribution in [3.8, 4) is 0 Å². The summed E-state index contributed by atoms with van der Waals surface area (Å²) in [5, 5.41) is 3.35. The summed E-state index contributed by atoms with van der Waals surface area (Å²) in [5.41, 5.74) is 3.02. The van der Waals surface area contributed by atoms with Crippen molar-refractivity contribution in [3.63, 3.8) is 0 Å². The minimum Gasteiger partial charge on any atom is -0.317 e. The zero-order valence-corrected chi connectivity index (χ0v) is 10.6. The fourth-order valence-electron chi connectivity index (χ4n) is 1.97. The van der Waals surface area contributed by atoms with Crippen LogP contribution in [0, 0.1) is 0 Å². The maximum Gasteiger partial charge on any atom is 0.0178 e. The lowest BCUT2D eigenvalue weighted by Crippen LogP contribution is -2.31. The molecule has 78 valence electrons. The van der Waals surface area contributed by atoms with Gasteiger partial charge in [-0.3, -0.25) is 0 Å². The Kier molecular flexibility index (Phi) is 4.42. The Bertz CT molecular complexity index is 314. The molecule has 1 unspecified atom stereocenters. The van der Waals surface area contributed by atoms with Gasteiger partial charge in [0.25, 0.3) is 0 Å². The van der Waals surface area contributed by atoms with Crippen molar-refractivity contribution in [2.75, 3.05) is 7.05 Å². The number of aryl methyl sites for hydroxylation is 1. The SMILES string of the molecule is CNC1CCc2cc(Br)ccc2C1.Cl. The third-order valence-corrected chi connectivity index (χ3v) is 3.30. The Morgan fingerprint density at radius 2 is 2.14 bits per heavy atom. The summed E-state index contributed by atoms with van der Waals surface area (Å²) in [6.45, 7) is 0. The lowest BCUT2D eigenvalue weighted by molar-refractivity contribution is 0.496.